The summed E-state index contributed by atoms with van der Waals surface area (Å²) in [4.78, 5) is 22.1. The van der Waals surface area contributed by atoms with E-state index in [1.54, 1.807) is 0 Å². The number of likely N-dealkylation sites (tertiary alicyclic amines) is 2. The molecule has 1 amide bonds. The van der Waals surface area contributed by atoms with Gasteiger partial charge in [-0.15, -0.1) is 24.0 Å². The van der Waals surface area contributed by atoms with Crippen LogP contribution in [0.25, 0.3) is 0 Å². The summed E-state index contributed by atoms with van der Waals surface area (Å²) < 4.78 is 0. The van der Waals surface area contributed by atoms with Gasteiger partial charge >= 0.3 is 0 Å². The highest BCUT2D eigenvalue weighted by molar-refractivity contribution is 14.0. The predicted octanol–water partition coefficient (Wildman–Crippen LogP) is 4.24. The van der Waals surface area contributed by atoms with Crippen LogP contribution in [0.5, 0.6) is 0 Å². The molecule has 2 aliphatic heterocycles. The largest absolute Gasteiger partial charge is 0.357 e. The van der Waals surface area contributed by atoms with Gasteiger partial charge in [-0.2, -0.15) is 0 Å². The molecule has 0 spiro atoms. The molecule has 2 heterocycles. The molecule has 2 fully saturated rings. The number of carbonyl (C=O) groups is 1. The quantitative estimate of drug-likeness (QED) is 0.175. The second kappa shape index (κ2) is 17.0. The number of rotatable bonds is 11. The summed E-state index contributed by atoms with van der Waals surface area (Å²) in [6.07, 6.45) is 11.8. The molecule has 0 aromatic rings. The topological polar surface area (TPSA) is 60.0 Å². The predicted molar refractivity (Wildman–Crippen MR) is 142 cm³/mol. The maximum atomic E-state index is 12.6. The van der Waals surface area contributed by atoms with Crippen LogP contribution in [0.3, 0.4) is 0 Å². The van der Waals surface area contributed by atoms with Gasteiger partial charge in [0.2, 0.25) is 5.91 Å². The van der Waals surface area contributed by atoms with Gasteiger partial charge in [-0.05, 0) is 77.9 Å². The van der Waals surface area contributed by atoms with Crippen molar-refractivity contribution in [1.29, 1.82) is 0 Å². The summed E-state index contributed by atoms with van der Waals surface area (Å²) in [5.74, 6) is 1.49. The van der Waals surface area contributed by atoms with Crippen molar-refractivity contribution in [3.63, 3.8) is 0 Å². The van der Waals surface area contributed by atoms with Crippen molar-refractivity contribution in [2.24, 2.45) is 10.9 Å². The molecule has 31 heavy (non-hydrogen) atoms. The molecule has 2 saturated heterocycles. The van der Waals surface area contributed by atoms with Gasteiger partial charge in [0.05, 0.1) is 0 Å². The molecule has 6 nitrogen and oxygen atoms in total. The smallest absolute Gasteiger partial charge is 0.225 e. The van der Waals surface area contributed by atoms with Gasteiger partial charge in [-0.25, -0.2) is 0 Å². The van der Waals surface area contributed by atoms with E-state index in [1.165, 1.54) is 51.7 Å². The van der Waals surface area contributed by atoms with Crippen LogP contribution in [0, 0.1) is 5.92 Å². The monoisotopic (exact) mass is 549 g/mol. The van der Waals surface area contributed by atoms with E-state index in [4.69, 9.17) is 4.99 Å². The van der Waals surface area contributed by atoms with E-state index in [9.17, 15) is 4.79 Å². The minimum atomic E-state index is 0. The van der Waals surface area contributed by atoms with Gasteiger partial charge in [0, 0.05) is 38.1 Å². The molecule has 2 rings (SSSR count). The Kier molecular flexibility index (Phi) is 15.6. The standard InChI is InChI=1S/C24H47N5O.HI/c1-4-21(5-2)23(30)29-19-13-22(14-20-29)27-24(25-6-3)26-15-9-7-10-16-28-17-11-8-12-18-28;/h21-22H,4-20H2,1-3H3,(H2,25,26,27);1H. The minimum absolute atomic E-state index is 0. The number of piperidine rings is 2. The van der Waals surface area contributed by atoms with E-state index in [2.05, 4.69) is 41.2 Å². The molecule has 0 radical (unpaired) electrons. The Morgan fingerprint density at radius 2 is 1.65 bits per heavy atom. The van der Waals surface area contributed by atoms with Gasteiger partial charge in [-0.3, -0.25) is 9.79 Å². The second-order valence-corrected chi connectivity index (χ2v) is 8.98. The number of nitrogens with one attached hydrogen (secondary N) is 2. The fourth-order valence-electron chi connectivity index (χ4n) is 4.65. The van der Waals surface area contributed by atoms with Crippen LogP contribution in [0.4, 0.5) is 0 Å². The molecule has 182 valence electrons. The molecule has 0 aromatic carbocycles. The van der Waals surface area contributed by atoms with Gasteiger partial charge < -0.3 is 20.4 Å². The Hall–Kier alpha value is -0.570. The summed E-state index contributed by atoms with van der Waals surface area (Å²) >= 11 is 0. The fraction of sp³-hybridized carbons (Fsp3) is 0.917. The lowest BCUT2D eigenvalue weighted by Gasteiger charge is -2.34. The number of aliphatic imine (C=N–C) groups is 1. The number of unbranched alkanes of at least 4 members (excludes halogenated alkanes) is 2. The van der Waals surface area contributed by atoms with Crippen molar-refractivity contribution in [2.75, 3.05) is 45.8 Å². The zero-order chi connectivity index (χ0) is 21.6. The van der Waals surface area contributed by atoms with Gasteiger partial charge in [-0.1, -0.05) is 26.7 Å². The molecule has 0 saturated carbocycles. The summed E-state index contributed by atoms with van der Waals surface area (Å²) in [7, 11) is 0. The van der Waals surface area contributed by atoms with E-state index < -0.39 is 0 Å². The van der Waals surface area contributed by atoms with Crippen LogP contribution in [-0.4, -0.2) is 73.5 Å². The summed E-state index contributed by atoms with van der Waals surface area (Å²) in [6, 6.07) is 0.410. The highest BCUT2D eigenvalue weighted by Gasteiger charge is 2.26. The van der Waals surface area contributed by atoms with Crippen LogP contribution in [0.1, 0.15) is 85.0 Å². The lowest BCUT2D eigenvalue weighted by atomic mass is 9.98. The third-order valence-corrected chi connectivity index (χ3v) is 6.68. The summed E-state index contributed by atoms with van der Waals surface area (Å²) in [6.45, 7) is 13.7. The maximum absolute atomic E-state index is 12.6. The number of amides is 1. The molecule has 0 bridgehead atoms. The third kappa shape index (κ3) is 10.7. The zero-order valence-corrected chi connectivity index (χ0v) is 22.7. The van der Waals surface area contributed by atoms with E-state index in [0.29, 0.717) is 11.9 Å². The van der Waals surface area contributed by atoms with Crippen molar-refractivity contribution in [3.8, 4) is 0 Å². The number of hydrogen-bond acceptors (Lipinski definition) is 3. The molecular formula is C24H48IN5O. The SMILES string of the molecule is CCNC(=NCCCCCN1CCCCC1)NC1CCN(C(=O)C(CC)CC)CC1.I. The lowest BCUT2D eigenvalue weighted by Crippen LogP contribution is -2.50. The van der Waals surface area contributed by atoms with Crippen molar-refractivity contribution in [2.45, 2.75) is 91.0 Å². The normalized spacial score (nSPS) is 18.7. The highest BCUT2D eigenvalue weighted by atomic mass is 127. The molecule has 0 unspecified atom stereocenters. The van der Waals surface area contributed by atoms with Crippen LogP contribution in [0.2, 0.25) is 0 Å². The van der Waals surface area contributed by atoms with Gasteiger partial charge in [0.25, 0.3) is 0 Å². The Morgan fingerprint density at radius 1 is 0.968 bits per heavy atom. The fourth-order valence-corrected chi connectivity index (χ4v) is 4.65. The van der Waals surface area contributed by atoms with Crippen LogP contribution >= 0.6 is 24.0 Å². The number of hydrogen-bond donors (Lipinski definition) is 2. The van der Waals surface area contributed by atoms with Crippen LogP contribution in [0.15, 0.2) is 4.99 Å². The van der Waals surface area contributed by atoms with Crippen LogP contribution in [-0.2, 0) is 4.79 Å². The Labute approximate surface area is 208 Å². The molecule has 0 aromatic heterocycles. The molecule has 0 atom stereocenters. The number of halogens is 1. The molecule has 0 aliphatic carbocycles. The Balaban J connectivity index is 0.00000480. The average Bonchev–Trinajstić information content (AvgIpc) is 2.78. The zero-order valence-electron chi connectivity index (χ0n) is 20.3. The number of carbonyl (C=O) groups excluding carboxylic acids is 1. The van der Waals surface area contributed by atoms with Gasteiger partial charge in [0.1, 0.15) is 0 Å². The molecule has 2 aliphatic rings. The first-order valence-electron chi connectivity index (χ1n) is 12.7. The third-order valence-electron chi connectivity index (χ3n) is 6.68. The van der Waals surface area contributed by atoms with Crippen molar-refractivity contribution < 1.29 is 4.79 Å². The van der Waals surface area contributed by atoms with Crippen molar-refractivity contribution in [3.05, 3.63) is 0 Å². The lowest BCUT2D eigenvalue weighted by molar-refractivity contribution is -0.136. The van der Waals surface area contributed by atoms with Gasteiger partial charge in [0.15, 0.2) is 5.96 Å². The van der Waals surface area contributed by atoms with Crippen LogP contribution < -0.4 is 10.6 Å². The van der Waals surface area contributed by atoms with Crippen molar-refractivity contribution >= 4 is 35.8 Å². The first-order chi connectivity index (χ1) is 14.7. The molecular weight excluding hydrogens is 501 g/mol. The summed E-state index contributed by atoms with van der Waals surface area (Å²) in [5, 5.41) is 7.00. The van der Waals surface area contributed by atoms with E-state index in [1.807, 2.05) is 0 Å². The number of guanidine groups is 1. The van der Waals surface area contributed by atoms with E-state index in [0.717, 1.165) is 64.2 Å². The summed E-state index contributed by atoms with van der Waals surface area (Å²) in [5.41, 5.74) is 0. The molecule has 7 heteroatoms. The van der Waals surface area contributed by atoms with E-state index in [-0.39, 0.29) is 29.9 Å². The first-order valence-corrected chi connectivity index (χ1v) is 12.7. The maximum Gasteiger partial charge on any atom is 0.225 e. The Morgan fingerprint density at radius 3 is 2.26 bits per heavy atom. The molecule has 2 N–H and O–H groups in total. The first kappa shape index (κ1) is 28.5. The van der Waals surface area contributed by atoms with E-state index >= 15 is 0 Å². The highest BCUT2D eigenvalue weighted by Crippen LogP contribution is 2.17. The second-order valence-electron chi connectivity index (χ2n) is 8.98. The van der Waals surface area contributed by atoms with Crippen molar-refractivity contribution in [1.82, 2.24) is 20.4 Å². The average molecular weight is 550 g/mol. The number of nitrogens with zero attached hydrogens (tertiary/aromatic N) is 3. The minimum Gasteiger partial charge on any atom is -0.357 e. The Bertz CT molecular complexity index is 498.